The van der Waals surface area contributed by atoms with E-state index >= 15 is 0 Å². The summed E-state index contributed by atoms with van der Waals surface area (Å²) in [7, 11) is 1.55. The molecule has 0 saturated heterocycles. The molecule has 8 nitrogen and oxygen atoms in total. The fourth-order valence-corrected chi connectivity index (χ4v) is 4.48. The van der Waals surface area contributed by atoms with Gasteiger partial charge in [0.05, 0.1) is 30.4 Å². The summed E-state index contributed by atoms with van der Waals surface area (Å²) in [6.45, 7) is 2.04. The minimum atomic E-state index is -0.515. The summed E-state index contributed by atoms with van der Waals surface area (Å²) in [6.07, 6.45) is 0. The maximum atomic E-state index is 13.6. The number of hydrogen-bond acceptors (Lipinski definition) is 5. The Kier molecular flexibility index (Phi) is 5.27. The Bertz CT molecular complexity index is 1760. The molecule has 0 amide bonds. The van der Waals surface area contributed by atoms with Crippen molar-refractivity contribution < 1.29 is 0 Å². The van der Waals surface area contributed by atoms with E-state index in [1.807, 2.05) is 43.3 Å². The number of hydrogen-bond donors (Lipinski definition) is 0. The van der Waals surface area contributed by atoms with E-state index in [1.165, 1.54) is 9.13 Å². The van der Waals surface area contributed by atoms with Crippen molar-refractivity contribution in [3.8, 4) is 6.07 Å². The lowest BCUT2D eigenvalue weighted by molar-refractivity contribution is 0.646. The monoisotopic (exact) mass is 470 g/mol. The fraction of sp³-hybridized carbons (Fsp3) is 0.160. The minimum absolute atomic E-state index is 0.00121. The lowest BCUT2D eigenvalue weighted by atomic mass is 10.1. The molecule has 3 heterocycles. The molecule has 0 atom stereocenters. The van der Waals surface area contributed by atoms with E-state index in [0.717, 1.165) is 21.0 Å². The molecule has 5 rings (SSSR count). The Morgan fingerprint density at radius 2 is 1.74 bits per heavy atom. The third-order valence-corrected chi connectivity index (χ3v) is 6.20. The van der Waals surface area contributed by atoms with E-state index < -0.39 is 11.2 Å². The van der Waals surface area contributed by atoms with Crippen LogP contribution in [-0.4, -0.2) is 23.7 Å². The van der Waals surface area contributed by atoms with Gasteiger partial charge >= 0.3 is 5.69 Å². The van der Waals surface area contributed by atoms with Gasteiger partial charge in [-0.1, -0.05) is 42.5 Å². The van der Waals surface area contributed by atoms with Crippen molar-refractivity contribution in [2.75, 3.05) is 0 Å². The van der Waals surface area contributed by atoms with Gasteiger partial charge in [0.1, 0.15) is 0 Å². The summed E-state index contributed by atoms with van der Waals surface area (Å²) in [5, 5.41) is 11.4. The summed E-state index contributed by atoms with van der Waals surface area (Å²) < 4.78 is 4.00. The molecule has 0 unspecified atom stereocenters. The molecule has 0 radical (unpaired) electrons. The third-order valence-electron chi connectivity index (χ3n) is 5.91. The molecule has 3 aromatic heterocycles. The van der Waals surface area contributed by atoms with Crippen LogP contribution >= 0.6 is 11.6 Å². The van der Waals surface area contributed by atoms with Gasteiger partial charge in [-0.3, -0.25) is 18.9 Å². The van der Waals surface area contributed by atoms with Crippen molar-refractivity contribution in [3.63, 3.8) is 0 Å². The van der Waals surface area contributed by atoms with Crippen molar-refractivity contribution in [3.05, 3.63) is 103 Å². The first-order chi connectivity index (χ1) is 16.4. The average molecular weight is 471 g/mol. The van der Waals surface area contributed by atoms with E-state index in [1.54, 1.807) is 25.2 Å². The molecule has 0 aliphatic rings. The zero-order valence-corrected chi connectivity index (χ0v) is 19.2. The Morgan fingerprint density at radius 3 is 2.53 bits per heavy atom. The summed E-state index contributed by atoms with van der Waals surface area (Å²) in [4.78, 5) is 35.7. The Labute approximate surface area is 198 Å². The third kappa shape index (κ3) is 3.47. The van der Waals surface area contributed by atoms with E-state index in [9.17, 15) is 14.9 Å². The maximum absolute atomic E-state index is 13.6. The summed E-state index contributed by atoms with van der Waals surface area (Å²) >= 11 is 6.41. The number of rotatable bonds is 4. The van der Waals surface area contributed by atoms with Gasteiger partial charge in [-0.15, -0.1) is 0 Å². The highest BCUT2D eigenvalue weighted by molar-refractivity contribution is 6.29. The molecule has 0 saturated carbocycles. The SMILES string of the molecule is Cc1cc2ccccc2c(Cn2c(=O)c3c(nc(Cl)n3Cc3ccccc3C#N)n(C)c2=O)n1. The number of pyridine rings is 1. The van der Waals surface area contributed by atoms with E-state index in [4.69, 9.17) is 11.6 Å². The molecular formula is C25H19ClN6O2. The predicted octanol–water partition coefficient (Wildman–Crippen LogP) is 3.38. The molecule has 0 fully saturated rings. The molecule has 5 aromatic rings. The van der Waals surface area contributed by atoms with Crippen molar-refractivity contribution in [1.82, 2.24) is 23.7 Å². The summed E-state index contributed by atoms with van der Waals surface area (Å²) in [5.74, 6) is 0. The van der Waals surface area contributed by atoms with Crippen LogP contribution in [-0.2, 0) is 20.1 Å². The van der Waals surface area contributed by atoms with Gasteiger partial charge in [0.25, 0.3) is 5.56 Å². The predicted molar refractivity (Wildman–Crippen MR) is 130 cm³/mol. The molecule has 168 valence electrons. The van der Waals surface area contributed by atoms with Crippen LogP contribution in [0.2, 0.25) is 5.28 Å². The quantitative estimate of drug-likeness (QED) is 0.375. The average Bonchev–Trinajstić information content (AvgIpc) is 3.16. The van der Waals surface area contributed by atoms with Crippen LogP contribution in [0.15, 0.2) is 64.2 Å². The largest absolute Gasteiger partial charge is 0.332 e. The van der Waals surface area contributed by atoms with Gasteiger partial charge in [0.2, 0.25) is 5.28 Å². The number of nitrogens with zero attached hydrogens (tertiary/aromatic N) is 6. The topological polar surface area (TPSA) is 98.5 Å². The van der Waals surface area contributed by atoms with Crippen molar-refractivity contribution in [2.24, 2.45) is 7.05 Å². The molecule has 9 heteroatoms. The van der Waals surface area contributed by atoms with Gasteiger partial charge < -0.3 is 4.57 Å². The molecule has 0 spiro atoms. The van der Waals surface area contributed by atoms with Crippen LogP contribution in [0.4, 0.5) is 0 Å². The maximum Gasteiger partial charge on any atom is 0.332 e. The van der Waals surface area contributed by atoms with E-state index in [-0.39, 0.29) is 29.5 Å². The number of aryl methyl sites for hydroxylation is 2. The lowest BCUT2D eigenvalue weighted by Crippen LogP contribution is -2.40. The highest BCUT2D eigenvalue weighted by Gasteiger charge is 2.21. The van der Waals surface area contributed by atoms with Gasteiger partial charge in [-0.2, -0.15) is 10.2 Å². The van der Waals surface area contributed by atoms with Crippen LogP contribution in [0, 0.1) is 18.3 Å². The van der Waals surface area contributed by atoms with Gasteiger partial charge in [-0.05, 0) is 41.6 Å². The summed E-state index contributed by atoms with van der Waals surface area (Å²) in [5.41, 5.74) is 1.94. The van der Waals surface area contributed by atoms with Crippen LogP contribution in [0.1, 0.15) is 22.5 Å². The van der Waals surface area contributed by atoms with E-state index in [0.29, 0.717) is 16.8 Å². The highest BCUT2D eigenvalue weighted by Crippen LogP contribution is 2.21. The van der Waals surface area contributed by atoms with Gasteiger partial charge in [0, 0.05) is 18.1 Å². The van der Waals surface area contributed by atoms with Crippen molar-refractivity contribution in [2.45, 2.75) is 20.0 Å². The van der Waals surface area contributed by atoms with Gasteiger partial charge in [-0.25, -0.2) is 4.79 Å². The minimum Gasteiger partial charge on any atom is -0.304 e. The molecule has 0 N–H and O–H groups in total. The molecular weight excluding hydrogens is 452 g/mol. The molecule has 34 heavy (non-hydrogen) atoms. The Morgan fingerprint density at radius 1 is 1.00 bits per heavy atom. The highest BCUT2D eigenvalue weighted by atomic mass is 35.5. The zero-order valence-electron chi connectivity index (χ0n) is 18.5. The number of halogens is 1. The Balaban J connectivity index is 1.73. The van der Waals surface area contributed by atoms with Crippen LogP contribution < -0.4 is 11.2 Å². The normalized spacial score (nSPS) is 11.2. The Hall–Kier alpha value is -4.22. The number of aromatic nitrogens is 5. The molecule has 2 aromatic carbocycles. The zero-order chi connectivity index (χ0) is 24.0. The van der Waals surface area contributed by atoms with Crippen LogP contribution in [0.5, 0.6) is 0 Å². The standard InChI is InChI=1S/C25H19ClN6O2/c1-15-11-16-7-5-6-10-19(16)20(28-15)14-32-23(33)21-22(30(2)25(32)34)29-24(26)31(21)13-18-9-4-3-8-17(18)12-27/h3-11H,13-14H2,1-2H3. The second-order valence-electron chi connectivity index (χ2n) is 8.07. The van der Waals surface area contributed by atoms with Crippen LogP contribution in [0.25, 0.3) is 21.9 Å². The number of benzene rings is 2. The van der Waals surface area contributed by atoms with Crippen molar-refractivity contribution in [1.29, 1.82) is 5.26 Å². The molecule has 0 bridgehead atoms. The van der Waals surface area contributed by atoms with Crippen LogP contribution in [0.3, 0.4) is 0 Å². The first kappa shape index (κ1) is 21.6. The summed E-state index contributed by atoms with van der Waals surface area (Å²) in [6, 6.07) is 18.9. The first-order valence-electron chi connectivity index (χ1n) is 10.6. The lowest BCUT2D eigenvalue weighted by Gasteiger charge is -2.12. The number of imidazole rings is 1. The van der Waals surface area contributed by atoms with E-state index in [2.05, 4.69) is 16.0 Å². The van der Waals surface area contributed by atoms with Crippen molar-refractivity contribution >= 4 is 33.5 Å². The van der Waals surface area contributed by atoms with Gasteiger partial charge in [0.15, 0.2) is 11.2 Å². The second-order valence-corrected chi connectivity index (χ2v) is 8.41. The second kappa shape index (κ2) is 8.28. The number of fused-ring (bicyclic) bond motifs is 2. The first-order valence-corrected chi connectivity index (χ1v) is 11.0. The molecule has 0 aliphatic carbocycles. The smallest absolute Gasteiger partial charge is 0.304 e. The molecule has 0 aliphatic heterocycles. The fourth-order valence-electron chi connectivity index (χ4n) is 4.25. The number of nitriles is 1.